The molecule has 0 bridgehead atoms. The Kier molecular flexibility index (Phi) is 9.02. The van der Waals surface area contributed by atoms with Crippen LogP contribution in [0.4, 0.5) is 0 Å². The van der Waals surface area contributed by atoms with Crippen LogP contribution in [0.25, 0.3) is 0 Å². The molecule has 0 aromatic rings. The van der Waals surface area contributed by atoms with Crippen molar-refractivity contribution in [3.05, 3.63) is 0 Å². The summed E-state index contributed by atoms with van der Waals surface area (Å²) in [5.74, 6) is 0. The zero-order valence-corrected chi connectivity index (χ0v) is 9.03. The average Bonchev–Trinajstić information content (AvgIpc) is 2.09. The van der Waals surface area contributed by atoms with Gasteiger partial charge in [0.1, 0.15) is 0 Å². The minimum atomic E-state index is 0.724. The van der Waals surface area contributed by atoms with Gasteiger partial charge in [-0.1, -0.05) is 39.5 Å². The van der Waals surface area contributed by atoms with E-state index in [9.17, 15) is 0 Å². The van der Waals surface area contributed by atoms with Gasteiger partial charge in [0.25, 0.3) is 0 Å². The lowest BCUT2D eigenvalue weighted by atomic mass is 10.1. The highest BCUT2D eigenvalue weighted by atomic mass is 14.9. The smallest absolute Gasteiger partial charge is 0.00387 e. The highest BCUT2D eigenvalue weighted by Crippen LogP contribution is 2.04. The maximum absolute atomic E-state index is 3.51. The van der Waals surface area contributed by atoms with Crippen LogP contribution in [0, 0.1) is 0 Å². The standard InChI is InChI=1S/C11H25N/c1-4-6-7-8-9-11(3)12-10-5-2/h11-12H,4-10H2,1-3H3/t11-/m0/s1. The average molecular weight is 171 g/mol. The van der Waals surface area contributed by atoms with Crippen LogP contribution < -0.4 is 5.32 Å². The van der Waals surface area contributed by atoms with Crippen LogP contribution in [0.1, 0.15) is 59.3 Å². The van der Waals surface area contributed by atoms with Crippen molar-refractivity contribution in [2.45, 2.75) is 65.3 Å². The lowest BCUT2D eigenvalue weighted by Gasteiger charge is -2.12. The van der Waals surface area contributed by atoms with Crippen molar-refractivity contribution in [2.75, 3.05) is 6.54 Å². The van der Waals surface area contributed by atoms with Crippen molar-refractivity contribution in [1.82, 2.24) is 5.32 Å². The fraction of sp³-hybridized carbons (Fsp3) is 1.00. The van der Waals surface area contributed by atoms with Crippen LogP contribution in [-0.4, -0.2) is 12.6 Å². The van der Waals surface area contributed by atoms with E-state index in [0.29, 0.717) is 0 Å². The lowest BCUT2D eigenvalue weighted by Crippen LogP contribution is -2.26. The molecule has 0 radical (unpaired) electrons. The van der Waals surface area contributed by atoms with E-state index in [2.05, 4.69) is 26.1 Å². The van der Waals surface area contributed by atoms with Crippen molar-refractivity contribution < 1.29 is 0 Å². The van der Waals surface area contributed by atoms with Gasteiger partial charge < -0.3 is 5.32 Å². The molecule has 74 valence electrons. The minimum Gasteiger partial charge on any atom is -0.314 e. The number of hydrogen-bond acceptors (Lipinski definition) is 1. The summed E-state index contributed by atoms with van der Waals surface area (Å²) in [6.45, 7) is 7.95. The monoisotopic (exact) mass is 171 g/mol. The van der Waals surface area contributed by atoms with Crippen LogP contribution in [0.3, 0.4) is 0 Å². The maximum Gasteiger partial charge on any atom is 0.00387 e. The van der Waals surface area contributed by atoms with Crippen molar-refractivity contribution in [3.63, 3.8) is 0 Å². The number of hydrogen-bond donors (Lipinski definition) is 1. The number of nitrogens with one attached hydrogen (secondary N) is 1. The highest BCUT2D eigenvalue weighted by molar-refractivity contribution is 4.59. The first-order chi connectivity index (χ1) is 5.81. The molecule has 0 aliphatic carbocycles. The summed E-state index contributed by atoms with van der Waals surface area (Å²) in [5, 5.41) is 3.51. The summed E-state index contributed by atoms with van der Waals surface area (Å²) in [6, 6.07) is 0.724. The van der Waals surface area contributed by atoms with E-state index in [0.717, 1.165) is 6.04 Å². The van der Waals surface area contributed by atoms with E-state index in [1.807, 2.05) is 0 Å². The predicted molar refractivity (Wildman–Crippen MR) is 56.5 cm³/mol. The fourth-order valence-corrected chi connectivity index (χ4v) is 1.37. The fourth-order valence-electron chi connectivity index (χ4n) is 1.37. The van der Waals surface area contributed by atoms with Gasteiger partial charge in [-0.05, 0) is 26.3 Å². The van der Waals surface area contributed by atoms with Crippen LogP contribution in [0.5, 0.6) is 0 Å². The van der Waals surface area contributed by atoms with Gasteiger partial charge in [-0.2, -0.15) is 0 Å². The molecule has 1 heteroatoms. The molecular weight excluding hydrogens is 146 g/mol. The second kappa shape index (κ2) is 9.05. The molecule has 1 atom stereocenters. The molecule has 0 unspecified atom stereocenters. The molecule has 0 heterocycles. The zero-order chi connectivity index (χ0) is 9.23. The van der Waals surface area contributed by atoms with Gasteiger partial charge in [-0.3, -0.25) is 0 Å². The molecule has 0 aliphatic rings. The number of rotatable bonds is 8. The molecular formula is C11H25N. The van der Waals surface area contributed by atoms with Crippen LogP contribution in [0.2, 0.25) is 0 Å². The normalized spacial score (nSPS) is 13.2. The molecule has 0 spiro atoms. The highest BCUT2D eigenvalue weighted by Gasteiger charge is 1.98. The Balaban J connectivity index is 3.02. The minimum absolute atomic E-state index is 0.724. The summed E-state index contributed by atoms with van der Waals surface area (Å²) >= 11 is 0. The van der Waals surface area contributed by atoms with Gasteiger partial charge in [0, 0.05) is 6.04 Å². The first-order valence-corrected chi connectivity index (χ1v) is 5.54. The molecule has 1 nitrogen and oxygen atoms in total. The SMILES string of the molecule is CCCCCC[C@H](C)NCCC. The van der Waals surface area contributed by atoms with Crippen LogP contribution >= 0.6 is 0 Å². The molecule has 0 saturated heterocycles. The summed E-state index contributed by atoms with van der Waals surface area (Å²) < 4.78 is 0. The van der Waals surface area contributed by atoms with E-state index >= 15 is 0 Å². The Bertz CT molecular complexity index is 81.1. The van der Waals surface area contributed by atoms with E-state index < -0.39 is 0 Å². The van der Waals surface area contributed by atoms with Crippen LogP contribution in [0.15, 0.2) is 0 Å². The maximum atomic E-state index is 3.51. The molecule has 0 aliphatic heterocycles. The topological polar surface area (TPSA) is 12.0 Å². The second-order valence-electron chi connectivity index (χ2n) is 3.70. The van der Waals surface area contributed by atoms with Gasteiger partial charge in [0.2, 0.25) is 0 Å². The van der Waals surface area contributed by atoms with Gasteiger partial charge in [0.05, 0.1) is 0 Å². The van der Waals surface area contributed by atoms with Gasteiger partial charge in [-0.15, -0.1) is 0 Å². The lowest BCUT2D eigenvalue weighted by molar-refractivity contribution is 0.483. The first-order valence-electron chi connectivity index (χ1n) is 5.54. The third-order valence-corrected chi connectivity index (χ3v) is 2.23. The molecule has 0 aromatic heterocycles. The Morgan fingerprint density at radius 1 is 1.00 bits per heavy atom. The zero-order valence-electron chi connectivity index (χ0n) is 9.03. The molecule has 0 amide bonds. The van der Waals surface area contributed by atoms with E-state index in [1.165, 1.54) is 45.1 Å². The second-order valence-corrected chi connectivity index (χ2v) is 3.70. The molecule has 1 N–H and O–H groups in total. The molecule has 0 aromatic carbocycles. The van der Waals surface area contributed by atoms with Crippen molar-refractivity contribution in [3.8, 4) is 0 Å². The van der Waals surface area contributed by atoms with Crippen molar-refractivity contribution in [2.24, 2.45) is 0 Å². The van der Waals surface area contributed by atoms with E-state index in [-0.39, 0.29) is 0 Å². The largest absolute Gasteiger partial charge is 0.314 e. The quantitative estimate of drug-likeness (QED) is 0.552. The van der Waals surface area contributed by atoms with E-state index in [4.69, 9.17) is 0 Å². The molecule has 12 heavy (non-hydrogen) atoms. The van der Waals surface area contributed by atoms with E-state index in [1.54, 1.807) is 0 Å². The van der Waals surface area contributed by atoms with Crippen molar-refractivity contribution >= 4 is 0 Å². The Hall–Kier alpha value is -0.0400. The van der Waals surface area contributed by atoms with Gasteiger partial charge >= 0.3 is 0 Å². The Labute approximate surface area is 77.9 Å². The first kappa shape index (κ1) is 12.0. The van der Waals surface area contributed by atoms with Gasteiger partial charge in [0.15, 0.2) is 0 Å². The number of unbranched alkanes of at least 4 members (excludes halogenated alkanes) is 3. The summed E-state index contributed by atoms with van der Waals surface area (Å²) in [6.07, 6.45) is 8.15. The van der Waals surface area contributed by atoms with Crippen molar-refractivity contribution in [1.29, 1.82) is 0 Å². The molecule has 0 fully saturated rings. The summed E-state index contributed by atoms with van der Waals surface area (Å²) in [5.41, 5.74) is 0. The molecule has 0 rings (SSSR count). The molecule has 0 saturated carbocycles. The third-order valence-electron chi connectivity index (χ3n) is 2.23. The summed E-state index contributed by atoms with van der Waals surface area (Å²) in [7, 11) is 0. The Morgan fingerprint density at radius 2 is 1.75 bits per heavy atom. The third kappa shape index (κ3) is 8.06. The van der Waals surface area contributed by atoms with Crippen LogP contribution in [-0.2, 0) is 0 Å². The Morgan fingerprint density at radius 3 is 2.33 bits per heavy atom. The summed E-state index contributed by atoms with van der Waals surface area (Å²) in [4.78, 5) is 0. The van der Waals surface area contributed by atoms with Gasteiger partial charge in [-0.25, -0.2) is 0 Å². The predicted octanol–water partition coefficient (Wildman–Crippen LogP) is 3.34.